The van der Waals surface area contributed by atoms with Gasteiger partial charge in [-0.25, -0.2) is 0 Å². The smallest absolute Gasteiger partial charge is 0.372 e. The summed E-state index contributed by atoms with van der Waals surface area (Å²) in [5.74, 6) is -1.37. The van der Waals surface area contributed by atoms with Crippen molar-refractivity contribution in [3.8, 4) is 0 Å². The van der Waals surface area contributed by atoms with Crippen LogP contribution in [0, 0.1) is 0 Å². The lowest BCUT2D eigenvalue weighted by Crippen LogP contribution is -2.31. The Morgan fingerprint density at radius 3 is 2.62 bits per heavy atom. The quantitative estimate of drug-likeness (QED) is 0.619. The van der Waals surface area contributed by atoms with E-state index in [1.165, 1.54) is 17.0 Å². The van der Waals surface area contributed by atoms with Crippen LogP contribution in [0.1, 0.15) is 16.8 Å². The van der Waals surface area contributed by atoms with Crippen LogP contribution < -0.4 is 4.90 Å². The number of amides is 1. The molecule has 0 saturated carbocycles. The highest BCUT2D eigenvalue weighted by Gasteiger charge is 2.35. The standard InChI is InChI=1S/C13H11ClF3NO3/c14-8-2-3-10-9(6-8)11(19)12(20)18(10)4-1-5-21-7-13(15,16)17/h2-3,6H,1,4-5,7H2. The van der Waals surface area contributed by atoms with E-state index < -0.39 is 24.5 Å². The number of rotatable bonds is 5. The Kier molecular flexibility index (Phi) is 4.53. The molecule has 0 bridgehead atoms. The summed E-state index contributed by atoms with van der Waals surface area (Å²) in [5, 5.41) is 0.338. The number of fused-ring (bicyclic) bond motifs is 1. The lowest BCUT2D eigenvalue weighted by Gasteiger charge is -2.16. The number of halogens is 4. The van der Waals surface area contributed by atoms with Gasteiger partial charge in [0.25, 0.3) is 11.7 Å². The number of ether oxygens (including phenoxy) is 1. The number of hydrogen-bond donors (Lipinski definition) is 0. The second kappa shape index (κ2) is 6.03. The summed E-state index contributed by atoms with van der Waals surface area (Å²) in [6.07, 6.45) is -4.18. The molecule has 0 N–H and O–H groups in total. The Bertz CT molecular complexity index is 574. The molecule has 0 saturated heterocycles. The minimum Gasteiger partial charge on any atom is -0.372 e. The number of carbonyl (C=O) groups is 2. The molecule has 1 aliphatic rings. The zero-order valence-corrected chi connectivity index (χ0v) is 11.5. The van der Waals surface area contributed by atoms with Gasteiger partial charge in [0.15, 0.2) is 0 Å². The van der Waals surface area contributed by atoms with E-state index in [9.17, 15) is 22.8 Å². The molecule has 1 heterocycles. The second-order valence-corrected chi connectivity index (χ2v) is 4.91. The van der Waals surface area contributed by atoms with Crippen molar-refractivity contribution < 1.29 is 27.5 Å². The zero-order valence-electron chi connectivity index (χ0n) is 10.7. The van der Waals surface area contributed by atoms with Crippen molar-refractivity contribution in [2.75, 3.05) is 24.7 Å². The van der Waals surface area contributed by atoms with Gasteiger partial charge in [-0.3, -0.25) is 9.59 Å². The molecule has 0 aliphatic carbocycles. The first-order valence-electron chi connectivity index (χ1n) is 6.10. The monoisotopic (exact) mass is 321 g/mol. The van der Waals surface area contributed by atoms with Crippen molar-refractivity contribution in [3.63, 3.8) is 0 Å². The summed E-state index contributed by atoms with van der Waals surface area (Å²) >= 11 is 5.76. The first-order valence-corrected chi connectivity index (χ1v) is 6.47. The zero-order chi connectivity index (χ0) is 15.6. The number of alkyl halides is 3. The van der Waals surface area contributed by atoms with Gasteiger partial charge in [-0.1, -0.05) is 11.6 Å². The molecule has 1 amide bonds. The van der Waals surface area contributed by atoms with Gasteiger partial charge in [-0.15, -0.1) is 0 Å². The predicted molar refractivity (Wildman–Crippen MR) is 69.6 cm³/mol. The minimum absolute atomic E-state index is 0.108. The summed E-state index contributed by atoms with van der Waals surface area (Å²) in [6, 6.07) is 4.48. The molecule has 2 rings (SSSR count). The fraction of sp³-hybridized carbons (Fsp3) is 0.385. The van der Waals surface area contributed by atoms with Crippen LogP contribution >= 0.6 is 11.6 Å². The molecule has 114 valence electrons. The third kappa shape index (κ3) is 3.74. The second-order valence-electron chi connectivity index (χ2n) is 4.47. The molecule has 0 aromatic heterocycles. The van der Waals surface area contributed by atoms with Crippen molar-refractivity contribution in [2.24, 2.45) is 0 Å². The third-order valence-corrected chi connectivity index (χ3v) is 3.10. The van der Waals surface area contributed by atoms with Crippen molar-refractivity contribution in [2.45, 2.75) is 12.6 Å². The average Bonchev–Trinajstić information content (AvgIpc) is 2.62. The highest BCUT2D eigenvalue weighted by molar-refractivity contribution is 6.52. The summed E-state index contributed by atoms with van der Waals surface area (Å²) in [7, 11) is 0. The molecule has 21 heavy (non-hydrogen) atoms. The Balaban J connectivity index is 1.93. The number of nitrogens with zero attached hydrogens (tertiary/aromatic N) is 1. The van der Waals surface area contributed by atoms with Gasteiger partial charge in [0, 0.05) is 18.2 Å². The number of hydrogen-bond acceptors (Lipinski definition) is 3. The van der Waals surface area contributed by atoms with E-state index in [1.807, 2.05) is 0 Å². The van der Waals surface area contributed by atoms with Crippen LogP contribution in [-0.4, -0.2) is 37.6 Å². The summed E-state index contributed by atoms with van der Waals surface area (Å²) in [4.78, 5) is 24.8. The van der Waals surface area contributed by atoms with E-state index in [-0.39, 0.29) is 25.1 Å². The highest BCUT2D eigenvalue weighted by atomic mass is 35.5. The fourth-order valence-electron chi connectivity index (χ4n) is 2.01. The van der Waals surface area contributed by atoms with Crippen molar-refractivity contribution >= 4 is 29.0 Å². The van der Waals surface area contributed by atoms with Gasteiger partial charge >= 0.3 is 6.18 Å². The van der Waals surface area contributed by atoms with Gasteiger partial charge in [0.05, 0.1) is 11.3 Å². The van der Waals surface area contributed by atoms with Crippen LogP contribution in [0.2, 0.25) is 5.02 Å². The number of Topliss-reactive ketones (excluding diaryl/α,β-unsaturated/α-hetero) is 1. The molecule has 0 fully saturated rings. The van der Waals surface area contributed by atoms with E-state index in [0.717, 1.165) is 0 Å². The van der Waals surface area contributed by atoms with E-state index in [4.69, 9.17) is 11.6 Å². The van der Waals surface area contributed by atoms with Crippen molar-refractivity contribution in [1.82, 2.24) is 0 Å². The van der Waals surface area contributed by atoms with Crippen LogP contribution in [0.25, 0.3) is 0 Å². The van der Waals surface area contributed by atoms with Gasteiger partial charge in [-0.2, -0.15) is 13.2 Å². The average molecular weight is 322 g/mol. The molecule has 0 spiro atoms. The Morgan fingerprint density at radius 1 is 1.24 bits per heavy atom. The molecule has 8 heteroatoms. The van der Waals surface area contributed by atoms with Crippen LogP contribution in [0.3, 0.4) is 0 Å². The Morgan fingerprint density at radius 2 is 1.95 bits per heavy atom. The molecule has 0 unspecified atom stereocenters. The lowest BCUT2D eigenvalue weighted by atomic mass is 10.1. The van der Waals surface area contributed by atoms with E-state index >= 15 is 0 Å². The summed E-state index contributed by atoms with van der Waals surface area (Å²) in [5.41, 5.74) is 0.633. The topological polar surface area (TPSA) is 46.6 Å². The maximum atomic E-state index is 11.9. The molecular formula is C13H11ClF3NO3. The van der Waals surface area contributed by atoms with Gasteiger partial charge < -0.3 is 9.64 Å². The van der Waals surface area contributed by atoms with E-state index in [0.29, 0.717) is 10.7 Å². The Labute approximate surface area is 123 Å². The molecule has 0 radical (unpaired) electrons. The third-order valence-electron chi connectivity index (χ3n) is 2.87. The number of benzene rings is 1. The van der Waals surface area contributed by atoms with Crippen LogP contribution in [0.4, 0.5) is 18.9 Å². The number of carbonyl (C=O) groups excluding carboxylic acids is 2. The lowest BCUT2D eigenvalue weighted by molar-refractivity contribution is -0.173. The minimum atomic E-state index is -4.37. The maximum absolute atomic E-state index is 11.9. The van der Waals surface area contributed by atoms with Crippen LogP contribution in [0.15, 0.2) is 18.2 Å². The van der Waals surface area contributed by atoms with Crippen molar-refractivity contribution in [1.29, 1.82) is 0 Å². The normalized spacial score (nSPS) is 14.8. The SMILES string of the molecule is O=C1C(=O)N(CCCOCC(F)(F)F)c2ccc(Cl)cc21. The molecular weight excluding hydrogens is 311 g/mol. The Hall–Kier alpha value is -1.60. The molecule has 1 aliphatic heterocycles. The van der Waals surface area contributed by atoms with Crippen LogP contribution in [-0.2, 0) is 9.53 Å². The van der Waals surface area contributed by atoms with E-state index in [1.54, 1.807) is 6.07 Å². The van der Waals surface area contributed by atoms with Crippen LogP contribution in [0.5, 0.6) is 0 Å². The molecule has 4 nitrogen and oxygen atoms in total. The maximum Gasteiger partial charge on any atom is 0.411 e. The van der Waals surface area contributed by atoms with Crippen molar-refractivity contribution in [3.05, 3.63) is 28.8 Å². The predicted octanol–water partition coefficient (Wildman–Crippen LogP) is 2.84. The summed E-state index contributed by atoms with van der Waals surface area (Å²) in [6.45, 7) is -1.37. The van der Waals surface area contributed by atoms with Gasteiger partial charge in [0.1, 0.15) is 6.61 Å². The van der Waals surface area contributed by atoms with Gasteiger partial charge in [0.2, 0.25) is 0 Å². The summed E-state index contributed by atoms with van der Waals surface area (Å²) < 4.78 is 40.1. The molecule has 0 atom stereocenters. The van der Waals surface area contributed by atoms with E-state index in [2.05, 4.69) is 4.74 Å². The highest BCUT2D eigenvalue weighted by Crippen LogP contribution is 2.31. The molecule has 1 aromatic rings. The fourth-order valence-corrected chi connectivity index (χ4v) is 2.18. The first-order chi connectivity index (χ1) is 9.79. The first kappa shape index (κ1) is 15.8. The number of anilines is 1. The van der Waals surface area contributed by atoms with Gasteiger partial charge in [-0.05, 0) is 24.6 Å². The number of ketones is 1. The largest absolute Gasteiger partial charge is 0.411 e. The molecule has 1 aromatic carbocycles.